The lowest BCUT2D eigenvalue weighted by Gasteiger charge is -2.31. The molecule has 0 aliphatic carbocycles. The van der Waals surface area contributed by atoms with E-state index in [0.29, 0.717) is 18.7 Å². The molecular formula is C13H17Cl3N2O. The van der Waals surface area contributed by atoms with Crippen molar-refractivity contribution in [3.63, 3.8) is 0 Å². The van der Waals surface area contributed by atoms with E-state index in [4.69, 9.17) is 34.8 Å². The van der Waals surface area contributed by atoms with Gasteiger partial charge in [0.25, 0.3) is 0 Å². The van der Waals surface area contributed by atoms with Gasteiger partial charge in [0, 0.05) is 18.5 Å². The first-order valence-corrected chi connectivity index (χ1v) is 7.27. The zero-order valence-corrected chi connectivity index (χ0v) is 12.9. The average molecular weight is 324 g/mol. The molecule has 1 amide bonds. The Bertz CT molecular complexity index is 398. The van der Waals surface area contributed by atoms with Crippen LogP contribution in [-0.2, 0) is 4.79 Å². The molecule has 0 aliphatic rings. The van der Waals surface area contributed by atoms with Crippen LogP contribution in [0.5, 0.6) is 0 Å². The van der Waals surface area contributed by atoms with Crippen molar-refractivity contribution in [2.24, 2.45) is 0 Å². The number of amides is 1. The number of benzene rings is 1. The second-order valence-corrected chi connectivity index (χ2v) is 6.12. The average Bonchev–Trinajstić information content (AvgIpc) is 2.36. The largest absolute Gasteiger partial charge is 0.363 e. The van der Waals surface area contributed by atoms with Crippen LogP contribution in [0.1, 0.15) is 19.8 Å². The third-order valence-electron chi connectivity index (χ3n) is 2.50. The maximum absolute atomic E-state index is 11.3. The fraction of sp³-hybridized carbons (Fsp3) is 0.462. The normalized spacial score (nSPS) is 12.8. The Balaban J connectivity index is 2.79. The smallest absolute Gasteiger partial charge is 0.218 e. The van der Waals surface area contributed by atoms with E-state index in [1.165, 1.54) is 6.92 Å². The third kappa shape index (κ3) is 5.89. The molecule has 2 N–H and O–H groups in total. The number of alkyl halides is 3. The van der Waals surface area contributed by atoms with Gasteiger partial charge in [-0.1, -0.05) is 41.4 Å². The van der Waals surface area contributed by atoms with Gasteiger partial charge in [-0.15, -0.1) is 11.6 Å². The van der Waals surface area contributed by atoms with E-state index in [1.54, 1.807) is 0 Å². The van der Waals surface area contributed by atoms with Gasteiger partial charge in [-0.2, -0.15) is 0 Å². The lowest BCUT2D eigenvalue weighted by atomic mass is 10.2. The van der Waals surface area contributed by atoms with E-state index in [-0.39, 0.29) is 5.91 Å². The van der Waals surface area contributed by atoms with E-state index in [9.17, 15) is 4.79 Å². The Morgan fingerprint density at radius 1 is 1.32 bits per heavy atom. The van der Waals surface area contributed by atoms with E-state index in [0.717, 1.165) is 5.69 Å². The minimum absolute atomic E-state index is 0.204. The standard InChI is InChI=1S/C13H17Cl3N2O/c1-10(19)17-12(13(15,16)8-5-9-14)18-11-6-3-2-4-7-11/h2-4,6-7,12,18H,5,8-9H2,1H3,(H,17,19). The predicted molar refractivity (Wildman–Crippen MR) is 82.1 cm³/mol. The van der Waals surface area contributed by atoms with Crippen molar-refractivity contribution in [3.05, 3.63) is 30.3 Å². The Labute approximate surface area is 128 Å². The number of anilines is 1. The Morgan fingerprint density at radius 3 is 2.47 bits per heavy atom. The molecule has 0 radical (unpaired) electrons. The summed E-state index contributed by atoms with van der Waals surface area (Å²) >= 11 is 18.3. The van der Waals surface area contributed by atoms with Gasteiger partial charge in [-0.05, 0) is 25.0 Å². The second kappa shape index (κ2) is 7.83. The van der Waals surface area contributed by atoms with E-state index in [1.807, 2.05) is 30.3 Å². The summed E-state index contributed by atoms with van der Waals surface area (Å²) in [5, 5.41) is 5.84. The summed E-state index contributed by atoms with van der Waals surface area (Å²) in [7, 11) is 0. The molecule has 0 aromatic heterocycles. The number of rotatable bonds is 7. The number of halogens is 3. The first-order valence-electron chi connectivity index (χ1n) is 5.98. The van der Waals surface area contributed by atoms with Gasteiger partial charge in [0.2, 0.25) is 5.91 Å². The predicted octanol–water partition coefficient (Wildman–Crippen LogP) is 3.75. The number of para-hydroxylation sites is 1. The molecule has 3 nitrogen and oxygen atoms in total. The van der Waals surface area contributed by atoms with E-state index in [2.05, 4.69) is 10.6 Å². The molecule has 1 aromatic rings. The maximum atomic E-state index is 11.3. The molecule has 1 atom stereocenters. The summed E-state index contributed by atoms with van der Waals surface area (Å²) in [6.07, 6.45) is 0.560. The molecule has 0 fully saturated rings. The molecule has 1 aromatic carbocycles. The topological polar surface area (TPSA) is 41.1 Å². The highest BCUT2D eigenvalue weighted by molar-refractivity contribution is 6.49. The Hall–Kier alpha value is -0.640. The highest BCUT2D eigenvalue weighted by atomic mass is 35.5. The van der Waals surface area contributed by atoms with Gasteiger partial charge >= 0.3 is 0 Å². The first kappa shape index (κ1) is 16.4. The van der Waals surface area contributed by atoms with Gasteiger partial charge in [0.1, 0.15) is 6.17 Å². The monoisotopic (exact) mass is 322 g/mol. The number of nitrogens with one attached hydrogen (secondary N) is 2. The summed E-state index contributed by atoms with van der Waals surface area (Å²) in [5.41, 5.74) is 0.831. The quantitative estimate of drug-likeness (QED) is 0.592. The number of carbonyl (C=O) groups excluding carboxylic acids is 1. The van der Waals surface area contributed by atoms with Gasteiger partial charge in [0.15, 0.2) is 4.33 Å². The van der Waals surface area contributed by atoms with Gasteiger partial charge in [-0.25, -0.2) is 0 Å². The summed E-state index contributed by atoms with van der Waals surface area (Å²) < 4.78 is -1.13. The molecule has 0 saturated heterocycles. The second-order valence-electron chi connectivity index (χ2n) is 4.20. The van der Waals surface area contributed by atoms with Crippen LogP contribution in [0.2, 0.25) is 0 Å². The van der Waals surface area contributed by atoms with Crippen LogP contribution >= 0.6 is 34.8 Å². The molecule has 0 heterocycles. The van der Waals surface area contributed by atoms with Crippen molar-refractivity contribution in [3.8, 4) is 0 Å². The Kier molecular flexibility index (Phi) is 6.76. The molecule has 6 heteroatoms. The Morgan fingerprint density at radius 2 is 1.95 bits per heavy atom. The van der Waals surface area contributed by atoms with E-state index >= 15 is 0 Å². The number of hydrogen-bond acceptors (Lipinski definition) is 2. The van der Waals surface area contributed by atoms with Crippen LogP contribution in [0.25, 0.3) is 0 Å². The van der Waals surface area contributed by atoms with Gasteiger partial charge in [-0.3, -0.25) is 4.79 Å². The van der Waals surface area contributed by atoms with Crippen molar-refractivity contribution in [2.45, 2.75) is 30.3 Å². The summed E-state index contributed by atoms with van der Waals surface area (Å²) in [6, 6.07) is 9.42. The molecule has 1 unspecified atom stereocenters. The summed E-state index contributed by atoms with van der Waals surface area (Å²) in [6.45, 7) is 1.42. The molecule has 19 heavy (non-hydrogen) atoms. The maximum Gasteiger partial charge on any atom is 0.218 e. The first-order chi connectivity index (χ1) is 8.95. The third-order valence-corrected chi connectivity index (χ3v) is 3.58. The van der Waals surface area contributed by atoms with E-state index < -0.39 is 10.5 Å². The fourth-order valence-electron chi connectivity index (χ4n) is 1.60. The zero-order valence-electron chi connectivity index (χ0n) is 10.6. The molecule has 0 spiro atoms. The van der Waals surface area contributed by atoms with Gasteiger partial charge < -0.3 is 10.6 Å². The molecule has 0 aliphatic heterocycles. The van der Waals surface area contributed by atoms with Crippen molar-refractivity contribution >= 4 is 46.4 Å². The SMILES string of the molecule is CC(=O)NC(Nc1ccccc1)C(Cl)(Cl)CCCCl. The van der Waals surface area contributed by atoms with Crippen molar-refractivity contribution in [1.29, 1.82) is 0 Å². The van der Waals surface area contributed by atoms with Crippen LogP contribution in [-0.4, -0.2) is 22.3 Å². The van der Waals surface area contributed by atoms with Crippen molar-refractivity contribution in [1.82, 2.24) is 5.32 Å². The van der Waals surface area contributed by atoms with Crippen LogP contribution in [0.4, 0.5) is 5.69 Å². The molecule has 0 saturated carbocycles. The zero-order chi connectivity index (χ0) is 14.3. The molecule has 0 bridgehead atoms. The van der Waals surface area contributed by atoms with Crippen molar-refractivity contribution < 1.29 is 4.79 Å². The summed E-state index contributed by atoms with van der Waals surface area (Å²) in [5.74, 6) is 0.268. The number of hydrogen-bond donors (Lipinski definition) is 2. The molecular weight excluding hydrogens is 307 g/mol. The highest BCUT2D eigenvalue weighted by Gasteiger charge is 2.35. The molecule has 1 rings (SSSR count). The van der Waals surface area contributed by atoms with Crippen LogP contribution in [0.3, 0.4) is 0 Å². The fourth-order valence-corrected chi connectivity index (χ4v) is 2.22. The minimum atomic E-state index is -1.13. The minimum Gasteiger partial charge on any atom is -0.363 e. The van der Waals surface area contributed by atoms with Crippen LogP contribution in [0, 0.1) is 0 Å². The lowest BCUT2D eigenvalue weighted by molar-refractivity contribution is -0.119. The van der Waals surface area contributed by atoms with Crippen LogP contribution < -0.4 is 10.6 Å². The van der Waals surface area contributed by atoms with Crippen molar-refractivity contribution in [2.75, 3.05) is 11.2 Å². The summed E-state index contributed by atoms with van der Waals surface area (Å²) in [4.78, 5) is 11.3. The number of carbonyl (C=O) groups is 1. The highest BCUT2D eigenvalue weighted by Crippen LogP contribution is 2.32. The lowest BCUT2D eigenvalue weighted by Crippen LogP contribution is -2.50. The van der Waals surface area contributed by atoms with Gasteiger partial charge in [0.05, 0.1) is 0 Å². The van der Waals surface area contributed by atoms with Crippen LogP contribution in [0.15, 0.2) is 30.3 Å². The molecule has 106 valence electrons.